The number of hydrogen-bond acceptors (Lipinski definition) is 4. The molecule has 30 heavy (non-hydrogen) atoms. The monoisotopic (exact) mass is 423 g/mol. The number of carbonyl (C=O) groups is 1. The minimum atomic E-state index is -3.96. The van der Waals surface area contributed by atoms with Crippen molar-refractivity contribution in [1.29, 1.82) is 0 Å². The Morgan fingerprint density at radius 1 is 0.900 bits per heavy atom. The summed E-state index contributed by atoms with van der Waals surface area (Å²) in [7, 11) is -3.96. The zero-order chi connectivity index (χ0) is 22.1. The molecule has 156 valence electrons. The first-order chi connectivity index (χ1) is 14.1. The molecule has 0 saturated carbocycles. The number of amides is 1. The molecule has 0 fully saturated rings. The van der Waals surface area contributed by atoms with Gasteiger partial charge >= 0.3 is 0 Å². The van der Waals surface area contributed by atoms with E-state index in [-0.39, 0.29) is 27.9 Å². The Morgan fingerprint density at radius 2 is 1.43 bits per heavy atom. The highest BCUT2D eigenvalue weighted by Crippen LogP contribution is 2.38. The third-order valence-electron chi connectivity index (χ3n) is 5.05. The highest BCUT2D eigenvalue weighted by Gasteiger charge is 2.27. The van der Waals surface area contributed by atoms with E-state index in [1.165, 1.54) is 12.1 Å². The number of aryl methyl sites for hydroxylation is 3. The molecular weight excluding hydrogens is 398 g/mol. The van der Waals surface area contributed by atoms with Crippen LogP contribution in [0.25, 0.3) is 0 Å². The number of hydrogen-bond donors (Lipinski definition) is 2. The summed E-state index contributed by atoms with van der Waals surface area (Å²) in [4.78, 5) is 12.5. The van der Waals surface area contributed by atoms with Crippen molar-refractivity contribution in [3.05, 3.63) is 82.4 Å². The van der Waals surface area contributed by atoms with E-state index >= 15 is 0 Å². The number of benzene rings is 3. The summed E-state index contributed by atoms with van der Waals surface area (Å²) < 4.78 is 26.5. The molecule has 0 aliphatic carbocycles. The standard InChI is InChI=1S/C24H25NO4S/c1-15-5-9-19(10-6-15)14-22(26)25-21-13-17(3)23(27)24(18(21)4)30(28,29)20-11-7-16(2)8-12-20/h5-13,27H,14H2,1-4H3,(H,25,26). The number of nitrogens with one attached hydrogen (secondary N) is 1. The first-order valence-electron chi connectivity index (χ1n) is 9.60. The van der Waals surface area contributed by atoms with Gasteiger partial charge in [-0.1, -0.05) is 47.5 Å². The second kappa shape index (κ2) is 8.32. The Hall–Kier alpha value is -3.12. The summed E-state index contributed by atoms with van der Waals surface area (Å²) in [6.07, 6.45) is 0.166. The molecule has 0 unspecified atom stereocenters. The van der Waals surface area contributed by atoms with Gasteiger partial charge in [0, 0.05) is 5.69 Å². The van der Waals surface area contributed by atoms with Crippen molar-refractivity contribution in [2.45, 2.75) is 43.9 Å². The van der Waals surface area contributed by atoms with Crippen molar-refractivity contribution in [3.63, 3.8) is 0 Å². The Labute approximate surface area is 177 Å². The van der Waals surface area contributed by atoms with Gasteiger partial charge in [0.25, 0.3) is 0 Å². The second-order valence-electron chi connectivity index (χ2n) is 7.57. The molecule has 3 aromatic carbocycles. The molecule has 0 spiro atoms. The van der Waals surface area contributed by atoms with Crippen molar-refractivity contribution in [3.8, 4) is 5.75 Å². The van der Waals surface area contributed by atoms with Gasteiger partial charge in [-0.05, 0) is 62.6 Å². The van der Waals surface area contributed by atoms with Gasteiger partial charge in [-0.3, -0.25) is 4.79 Å². The molecule has 0 heterocycles. The maximum atomic E-state index is 13.2. The molecule has 1 amide bonds. The second-order valence-corrected chi connectivity index (χ2v) is 9.46. The molecule has 0 aromatic heterocycles. The van der Waals surface area contributed by atoms with Gasteiger partial charge in [-0.2, -0.15) is 0 Å². The summed E-state index contributed by atoms with van der Waals surface area (Å²) >= 11 is 0. The Kier molecular flexibility index (Phi) is 5.99. The summed E-state index contributed by atoms with van der Waals surface area (Å²) in [5, 5.41) is 13.4. The van der Waals surface area contributed by atoms with Crippen LogP contribution in [0.3, 0.4) is 0 Å². The lowest BCUT2D eigenvalue weighted by Crippen LogP contribution is -2.16. The Bertz CT molecular complexity index is 1200. The molecule has 3 rings (SSSR count). The van der Waals surface area contributed by atoms with Crippen LogP contribution in [0.2, 0.25) is 0 Å². The van der Waals surface area contributed by atoms with E-state index in [1.807, 2.05) is 38.1 Å². The van der Waals surface area contributed by atoms with Gasteiger partial charge < -0.3 is 10.4 Å². The highest BCUT2D eigenvalue weighted by atomic mass is 32.2. The fourth-order valence-corrected chi connectivity index (χ4v) is 4.91. The van der Waals surface area contributed by atoms with E-state index in [1.54, 1.807) is 32.0 Å². The van der Waals surface area contributed by atoms with Crippen LogP contribution in [0.15, 0.2) is 64.4 Å². The van der Waals surface area contributed by atoms with Gasteiger partial charge in [0.1, 0.15) is 10.6 Å². The molecule has 0 radical (unpaired) electrons. The number of carbonyl (C=O) groups excluding carboxylic acids is 1. The van der Waals surface area contributed by atoms with Crippen molar-refractivity contribution in [2.75, 3.05) is 5.32 Å². The van der Waals surface area contributed by atoms with Gasteiger partial charge in [0.15, 0.2) is 0 Å². The minimum Gasteiger partial charge on any atom is -0.506 e. The van der Waals surface area contributed by atoms with E-state index in [9.17, 15) is 18.3 Å². The summed E-state index contributed by atoms with van der Waals surface area (Å²) in [5.41, 5.74) is 3.94. The SMILES string of the molecule is Cc1ccc(CC(=O)Nc2cc(C)c(O)c(S(=O)(=O)c3ccc(C)cc3)c2C)cc1. The largest absolute Gasteiger partial charge is 0.506 e. The molecule has 2 N–H and O–H groups in total. The zero-order valence-corrected chi connectivity index (χ0v) is 18.3. The number of phenolic OH excluding ortho intramolecular Hbond substituents is 1. The van der Waals surface area contributed by atoms with Crippen LogP contribution in [0, 0.1) is 27.7 Å². The molecule has 0 atom stereocenters. The van der Waals surface area contributed by atoms with Gasteiger partial charge in [-0.25, -0.2) is 8.42 Å². The van der Waals surface area contributed by atoms with Crippen LogP contribution in [-0.2, 0) is 21.1 Å². The minimum absolute atomic E-state index is 0.0917. The number of rotatable bonds is 5. The molecule has 0 aliphatic heterocycles. The van der Waals surface area contributed by atoms with E-state index in [0.29, 0.717) is 16.8 Å². The smallest absolute Gasteiger partial charge is 0.228 e. The lowest BCUT2D eigenvalue weighted by atomic mass is 10.1. The predicted octanol–water partition coefficient (Wildman–Crippen LogP) is 4.64. The van der Waals surface area contributed by atoms with Crippen LogP contribution in [0.5, 0.6) is 5.75 Å². The van der Waals surface area contributed by atoms with Crippen LogP contribution in [0.1, 0.15) is 27.8 Å². The highest BCUT2D eigenvalue weighted by molar-refractivity contribution is 7.91. The Balaban J connectivity index is 1.97. The molecule has 6 heteroatoms. The maximum Gasteiger partial charge on any atom is 0.228 e. The normalized spacial score (nSPS) is 11.3. The number of aromatic hydroxyl groups is 1. The molecular formula is C24H25NO4S. The summed E-state index contributed by atoms with van der Waals surface area (Å²) in [6, 6.07) is 15.7. The van der Waals surface area contributed by atoms with Gasteiger partial charge in [0.05, 0.1) is 11.3 Å². The third kappa shape index (κ3) is 4.39. The van der Waals surface area contributed by atoms with Crippen molar-refractivity contribution in [2.24, 2.45) is 0 Å². The van der Waals surface area contributed by atoms with Crippen molar-refractivity contribution >= 4 is 21.4 Å². The molecule has 3 aromatic rings. The topological polar surface area (TPSA) is 83.5 Å². The first-order valence-corrected chi connectivity index (χ1v) is 11.1. The van der Waals surface area contributed by atoms with Crippen molar-refractivity contribution in [1.82, 2.24) is 0 Å². The summed E-state index contributed by atoms with van der Waals surface area (Å²) in [5.74, 6) is -0.560. The summed E-state index contributed by atoms with van der Waals surface area (Å²) in [6.45, 7) is 7.04. The quantitative estimate of drug-likeness (QED) is 0.586. The first kappa shape index (κ1) is 21.6. The lowest BCUT2D eigenvalue weighted by Gasteiger charge is -2.17. The fraction of sp³-hybridized carbons (Fsp3) is 0.208. The fourth-order valence-electron chi connectivity index (χ4n) is 3.25. The average molecular weight is 424 g/mol. The van der Waals surface area contributed by atoms with E-state index in [0.717, 1.165) is 16.7 Å². The number of anilines is 1. The van der Waals surface area contributed by atoms with Crippen LogP contribution in [-0.4, -0.2) is 19.4 Å². The average Bonchev–Trinajstić information content (AvgIpc) is 2.68. The molecule has 0 aliphatic rings. The molecule has 5 nitrogen and oxygen atoms in total. The zero-order valence-electron chi connectivity index (χ0n) is 17.5. The van der Waals surface area contributed by atoms with Crippen LogP contribution >= 0.6 is 0 Å². The molecule has 0 bridgehead atoms. The molecule has 0 saturated heterocycles. The maximum absolute atomic E-state index is 13.2. The number of sulfone groups is 1. The predicted molar refractivity (Wildman–Crippen MR) is 118 cm³/mol. The van der Waals surface area contributed by atoms with E-state index in [4.69, 9.17) is 0 Å². The van der Waals surface area contributed by atoms with Crippen molar-refractivity contribution < 1.29 is 18.3 Å². The van der Waals surface area contributed by atoms with E-state index < -0.39 is 9.84 Å². The van der Waals surface area contributed by atoms with Crippen LogP contribution < -0.4 is 5.32 Å². The third-order valence-corrected chi connectivity index (χ3v) is 6.98. The van der Waals surface area contributed by atoms with Gasteiger partial charge in [-0.15, -0.1) is 0 Å². The number of phenols is 1. The lowest BCUT2D eigenvalue weighted by molar-refractivity contribution is -0.115. The van der Waals surface area contributed by atoms with Crippen LogP contribution in [0.4, 0.5) is 5.69 Å². The Morgan fingerprint density at radius 3 is 2.00 bits per heavy atom. The van der Waals surface area contributed by atoms with Gasteiger partial charge in [0.2, 0.25) is 15.7 Å². The van der Waals surface area contributed by atoms with E-state index in [2.05, 4.69) is 5.32 Å².